The van der Waals surface area contributed by atoms with Crippen LogP contribution < -0.4 is 5.32 Å². The van der Waals surface area contributed by atoms with E-state index in [1.165, 1.54) is 16.8 Å². The van der Waals surface area contributed by atoms with Gasteiger partial charge in [-0.15, -0.1) is 0 Å². The molecule has 0 aliphatic carbocycles. The van der Waals surface area contributed by atoms with Crippen molar-refractivity contribution >= 4 is 0 Å². The Labute approximate surface area is 79.4 Å². The summed E-state index contributed by atoms with van der Waals surface area (Å²) < 4.78 is 0. The first-order chi connectivity index (χ1) is 6.27. The maximum Gasteiger partial charge on any atom is 0.0454 e. The summed E-state index contributed by atoms with van der Waals surface area (Å²) in [4.78, 5) is 4.59. The maximum absolute atomic E-state index is 4.59. The van der Waals surface area contributed by atoms with Crippen LogP contribution in [-0.2, 0) is 12.8 Å². The molecule has 2 heterocycles. The highest BCUT2D eigenvalue weighted by atomic mass is 14.9. The lowest BCUT2D eigenvalue weighted by Crippen LogP contribution is -2.16. The number of hydrogen-bond acceptors (Lipinski definition) is 2. The summed E-state index contributed by atoms with van der Waals surface area (Å²) in [5.41, 5.74) is 5.34. The summed E-state index contributed by atoms with van der Waals surface area (Å²) in [6.07, 6.45) is 2.21. The minimum Gasteiger partial charge on any atom is -0.316 e. The summed E-state index contributed by atoms with van der Waals surface area (Å²) in [7, 11) is 0. The van der Waals surface area contributed by atoms with Gasteiger partial charge in [0.1, 0.15) is 0 Å². The van der Waals surface area contributed by atoms with E-state index < -0.39 is 0 Å². The molecule has 1 aromatic rings. The molecule has 0 saturated heterocycles. The van der Waals surface area contributed by atoms with Crippen LogP contribution in [0.25, 0.3) is 0 Å². The molecule has 1 aromatic heterocycles. The minimum absolute atomic E-state index is 1.07. The van der Waals surface area contributed by atoms with Gasteiger partial charge in [-0.2, -0.15) is 0 Å². The second-order valence-corrected chi connectivity index (χ2v) is 3.76. The number of nitrogens with one attached hydrogen (secondary N) is 1. The van der Waals surface area contributed by atoms with Gasteiger partial charge < -0.3 is 5.32 Å². The first kappa shape index (κ1) is 8.70. The molecule has 0 bridgehead atoms. The maximum atomic E-state index is 4.59. The van der Waals surface area contributed by atoms with Gasteiger partial charge in [-0.1, -0.05) is 0 Å². The fraction of sp³-hybridized carbons (Fsp3) is 0.545. The van der Waals surface area contributed by atoms with Crippen molar-refractivity contribution in [2.45, 2.75) is 26.7 Å². The van der Waals surface area contributed by atoms with Crippen molar-refractivity contribution in [1.82, 2.24) is 10.3 Å². The Balaban J connectivity index is 2.47. The predicted octanol–water partition coefficient (Wildman–Crippen LogP) is 1.39. The third kappa shape index (κ3) is 1.73. The molecular formula is C11H16N2. The Morgan fingerprint density at radius 1 is 1.23 bits per heavy atom. The van der Waals surface area contributed by atoms with Gasteiger partial charge in [0.15, 0.2) is 0 Å². The van der Waals surface area contributed by atoms with Crippen molar-refractivity contribution < 1.29 is 0 Å². The van der Waals surface area contributed by atoms with Crippen molar-refractivity contribution in [2.24, 2.45) is 0 Å². The van der Waals surface area contributed by atoms with E-state index in [1.54, 1.807) is 0 Å². The van der Waals surface area contributed by atoms with Crippen LogP contribution in [0.1, 0.15) is 22.5 Å². The number of pyridine rings is 1. The number of fused-ring (bicyclic) bond motifs is 1. The van der Waals surface area contributed by atoms with Crippen LogP contribution in [-0.4, -0.2) is 18.1 Å². The van der Waals surface area contributed by atoms with Crippen molar-refractivity contribution in [1.29, 1.82) is 0 Å². The lowest BCUT2D eigenvalue weighted by molar-refractivity contribution is 0.708. The van der Waals surface area contributed by atoms with Gasteiger partial charge in [-0.05, 0) is 44.0 Å². The molecule has 2 nitrogen and oxygen atoms in total. The summed E-state index contributed by atoms with van der Waals surface area (Å²) in [5, 5.41) is 3.40. The zero-order chi connectivity index (χ0) is 9.26. The molecule has 0 unspecified atom stereocenters. The first-order valence-corrected chi connectivity index (χ1v) is 4.94. The van der Waals surface area contributed by atoms with Crippen LogP contribution in [0.2, 0.25) is 0 Å². The number of rotatable bonds is 0. The second kappa shape index (κ2) is 3.46. The van der Waals surface area contributed by atoms with Gasteiger partial charge in [0.2, 0.25) is 0 Å². The van der Waals surface area contributed by atoms with Gasteiger partial charge in [0, 0.05) is 24.4 Å². The lowest BCUT2D eigenvalue weighted by atomic mass is 10.0. The quantitative estimate of drug-likeness (QED) is 0.646. The molecule has 0 saturated carbocycles. The van der Waals surface area contributed by atoms with Crippen LogP contribution >= 0.6 is 0 Å². The van der Waals surface area contributed by atoms with Crippen molar-refractivity contribution in [3.63, 3.8) is 0 Å². The standard InChI is InChI=1S/C11H16N2/c1-8-7-9(2)13-11-4-6-12-5-3-10(8)11/h7,12H,3-6H2,1-2H3. The van der Waals surface area contributed by atoms with Crippen LogP contribution in [0.5, 0.6) is 0 Å². The van der Waals surface area contributed by atoms with E-state index in [2.05, 4.69) is 30.2 Å². The van der Waals surface area contributed by atoms with Crippen molar-refractivity contribution in [2.75, 3.05) is 13.1 Å². The molecule has 2 heteroatoms. The van der Waals surface area contributed by atoms with E-state index in [-0.39, 0.29) is 0 Å². The summed E-state index contributed by atoms with van der Waals surface area (Å²) in [6, 6.07) is 2.18. The first-order valence-electron chi connectivity index (χ1n) is 4.94. The third-order valence-electron chi connectivity index (χ3n) is 2.65. The second-order valence-electron chi connectivity index (χ2n) is 3.76. The molecular weight excluding hydrogens is 160 g/mol. The fourth-order valence-corrected chi connectivity index (χ4v) is 2.03. The van der Waals surface area contributed by atoms with Gasteiger partial charge in [-0.3, -0.25) is 4.98 Å². The van der Waals surface area contributed by atoms with Gasteiger partial charge in [-0.25, -0.2) is 0 Å². The normalized spacial score (nSPS) is 16.5. The molecule has 70 valence electrons. The summed E-state index contributed by atoms with van der Waals surface area (Å²) in [5.74, 6) is 0. The molecule has 0 fully saturated rings. The number of aromatic nitrogens is 1. The van der Waals surface area contributed by atoms with Gasteiger partial charge in [0.25, 0.3) is 0 Å². The highest BCUT2D eigenvalue weighted by molar-refractivity contribution is 5.32. The largest absolute Gasteiger partial charge is 0.316 e. The average molecular weight is 176 g/mol. The van der Waals surface area contributed by atoms with E-state index in [1.807, 2.05) is 0 Å². The van der Waals surface area contributed by atoms with E-state index >= 15 is 0 Å². The predicted molar refractivity (Wildman–Crippen MR) is 54.0 cm³/mol. The Morgan fingerprint density at radius 2 is 2.00 bits per heavy atom. The molecule has 0 aromatic carbocycles. The van der Waals surface area contributed by atoms with Crippen LogP contribution in [0.15, 0.2) is 6.07 Å². The molecule has 0 atom stereocenters. The molecule has 0 spiro atoms. The third-order valence-corrected chi connectivity index (χ3v) is 2.65. The van der Waals surface area contributed by atoms with Crippen LogP contribution in [0, 0.1) is 13.8 Å². The molecule has 13 heavy (non-hydrogen) atoms. The molecule has 0 amide bonds. The number of hydrogen-bond donors (Lipinski definition) is 1. The molecule has 1 N–H and O–H groups in total. The van der Waals surface area contributed by atoms with E-state index in [0.717, 1.165) is 31.6 Å². The zero-order valence-corrected chi connectivity index (χ0v) is 8.35. The minimum atomic E-state index is 1.07. The topological polar surface area (TPSA) is 24.9 Å². The average Bonchev–Trinajstić information content (AvgIpc) is 2.28. The summed E-state index contributed by atoms with van der Waals surface area (Å²) >= 11 is 0. The monoisotopic (exact) mass is 176 g/mol. The van der Waals surface area contributed by atoms with Crippen molar-refractivity contribution in [3.8, 4) is 0 Å². The van der Waals surface area contributed by atoms with Gasteiger partial charge in [0.05, 0.1) is 0 Å². The molecule has 1 aliphatic rings. The smallest absolute Gasteiger partial charge is 0.0454 e. The van der Waals surface area contributed by atoms with Gasteiger partial charge >= 0.3 is 0 Å². The Kier molecular flexibility index (Phi) is 2.32. The fourth-order valence-electron chi connectivity index (χ4n) is 2.03. The SMILES string of the molecule is Cc1cc(C)c2c(n1)CCNCC2. The van der Waals surface area contributed by atoms with Crippen LogP contribution in [0.4, 0.5) is 0 Å². The highest BCUT2D eigenvalue weighted by Gasteiger charge is 2.11. The highest BCUT2D eigenvalue weighted by Crippen LogP contribution is 2.16. The molecule has 1 aliphatic heterocycles. The van der Waals surface area contributed by atoms with E-state index in [9.17, 15) is 0 Å². The molecule has 0 radical (unpaired) electrons. The van der Waals surface area contributed by atoms with Crippen molar-refractivity contribution in [3.05, 3.63) is 28.6 Å². The lowest BCUT2D eigenvalue weighted by Gasteiger charge is -2.08. The van der Waals surface area contributed by atoms with Crippen LogP contribution in [0.3, 0.4) is 0 Å². The zero-order valence-electron chi connectivity index (χ0n) is 8.35. The number of aryl methyl sites for hydroxylation is 2. The van der Waals surface area contributed by atoms with E-state index in [0.29, 0.717) is 0 Å². The Hall–Kier alpha value is -0.890. The summed E-state index contributed by atoms with van der Waals surface area (Å²) in [6.45, 7) is 6.44. The Bertz CT molecular complexity index is 318. The van der Waals surface area contributed by atoms with E-state index in [4.69, 9.17) is 0 Å². The molecule has 2 rings (SSSR count). The number of nitrogens with zero attached hydrogens (tertiary/aromatic N) is 1. The Morgan fingerprint density at radius 3 is 2.85 bits per heavy atom.